The van der Waals surface area contributed by atoms with Crippen molar-refractivity contribution in [3.63, 3.8) is 0 Å². The zero-order valence-electron chi connectivity index (χ0n) is 9.74. The highest BCUT2D eigenvalue weighted by molar-refractivity contribution is 8.00. The highest BCUT2D eigenvalue weighted by atomic mass is 32.2. The van der Waals surface area contributed by atoms with E-state index in [1.165, 1.54) is 31.4 Å². The van der Waals surface area contributed by atoms with Crippen molar-refractivity contribution >= 4 is 11.8 Å². The van der Waals surface area contributed by atoms with E-state index in [-0.39, 0.29) is 0 Å². The Morgan fingerprint density at radius 2 is 2.20 bits per heavy atom. The van der Waals surface area contributed by atoms with Gasteiger partial charge >= 0.3 is 0 Å². The van der Waals surface area contributed by atoms with E-state index in [9.17, 15) is 0 Å². The van der Waals surface area contributed by atoms with Gasteiger partial charge in [-0.3, -0.25) is 0 Å². The Morgan fingerprint density at radius 1 is 1.40 bits per heavy atom. The van der Waals surface area contributed by atoms with Gasteiger partial charge < -0.3 is 5.32 Å². The maximum Gasteiger partial charge on any atom is 0.0382 e. The molecule has 0 radical (unpaired) electrons. The van der Waals surface area contributed by atoms with Gasteiger partial charge in [-0.1, -0.05) is 26.0 Å². The van der Waals surface area contributed by atoms with Gasteiger partial charge in [0.05, 0.1) is 0 Å². The van der Waals surface area contributed by atoms with Gasteiger partial charge in [-0.2, -0.15) is 11.8 Å². The number of rotatable bonds is 7. The summed E-state index contributed by atoms with van der Waals surface area (Å²) in [7, 11) is 0. The molecule has 0 bridgehead atoms. The highest BCUT2D eigenvalue weighted by Gasteiger charge is 2.31. The van der Waals surface area contributed by atoms with Crippen molar-refractivity contribution in [1.82, 2.24) is 5.32 Å². The summed E-state index contributed by atoms with van der Waals surface area (Å²) in [5, 5.41) is 4.19. The molecule has 1 aliphatic rings. The van der Waals surface area contributed by atoms with E-state index >= 15 is 0 Å². The number of hydrogen-bond donors (Lipinski definition) is 1. The minimum absolute atomic E-state index is 0.636. The van der Waals surface area contributed by atoms with Crippen LogP contribution < -0.4 is 5.32 Å². The van der Waals surface area contributed by atoms with Crippen molar-refractivity contribution in [3.05, 3.63) is 25.4 Å². The molecule has 0 saturated carbocycles. The van der Waals surface area contributed by atoms with Crippen molar-refractivity contribution < 1.29 is 0 Å². The first kappa shape index (κ1) is 12.7. The van der Waals surface area contributed by atoms with Gasteiger partial charge in [-0.05, 0) is 31.4 Å². The summed E-state index contributed by atoms with van der Waals surface area (Å²) in [4.78, 5) is 0. The van der Waals surface area contributed by atoms with Crippen LogP contribution in [0, 0.1) is 5.92 Å². The third kappa shape index (κ3) is 3.94. The molecule has 0 aliphatic carbocycles. The van der Waals surface area contributed by atoms with Crippen molar-refractivity contribution in [2.24, 2.45) is 5.92 Å². The predicted octanol–water partition coefficient (Wildman–Crippen LogP) is 3.59. The second-order valence-electron chi connectivity index (χ2n) is 4.28. The molecule has 1 aliphatic heterocycles. The molecule has 86 valence electrons. The minimum Gasteiger partial charge on any atom is -0.387 e. The lowest BCUT2D eigenvalue weighted by molar-refractivity contribution is 0.433. The molecule has 15 heavy (non-hydrogen) atoms. The largest absolute Gasteiger partial charge is 0.387 e. The molecule has 1 rings (SSSR count). The summed E-state index contributed by atoms with van der Waals surface area (Å²) >= 11 is 2.12. The van der Waals surface area contributed by atoms with Crippen LogP contribution in [-0.2, 0) is 0 Å². The van der Waals surface area contributed by atoms with E-state index in [0.717, 1.165) is 11.2 Å². The monoisotopic (exact) mass is 225 g/mol. The Hall–Kier alpha value is -0.370. The quantitative estimate of drug-likeness (QED) is 0.525. The Labute approximate surface area is 98.4 Å². The second-order valence-corrected chi connectivity index (χ2v) is 5.55. The lowest BCUT2D eigenvalue weighted by Gasteiger charge is -2.19. The molecule has 0 aromatic carbocycles. The molecular formula is C13H23NS. The third-order valence-electron chi connectivity index (χ3n) is 3.19. The van der Waals surface area contributed by atoms with Gasteiger partial charge in [0.25, 0.3) is 0 Å². The summed E-state index contributed by atoms with van der Waals surface area (Å²) in [5.41, 5.74) is 0. The summed E-state index contributed by atoms with van der Waals surface area (Å²) in [6.07, 6.45) is 9.02. The molecule has 1 fully saturated rings. The molecule has 1 N–H and O–H groups in total. The summed E-state index contributed by atoms with van der Waals surface area (Å²) in [5.74, 6) is 2.01. The van der Waals surface area contributed by atoms with Crippen molar-refractivity contribution in [2.75, 3.05) is 5.75 Å². The molecule has 0 amide bonds. The third-order valence-corrected chi connectivity index (χ3v) is 4.83. The zero-order chi connectivity index (χ0) is 11.1. The van der Waals surface area contributed by atoms with Gasteiger partial charge in [-0.15, -0.1) is 6.58 Å². The first-order valence-electron chi connectivity index (χ1n) is 5.89. The number of thioether (sulfide) groups is 1. The van der Waals surface area contributed by atoms with Crippen LogP contribution >= 0.6 is 11.8 Å². The molecule has 0 spiro atoms. The first-order valence-corrected chi connectivity index (χ1v) is 6.94. The van der Waals surface area contributed by atoms with Crippen LogP contribution in [0.15, 0.2) is 25.4 Å². The van der Waals surface area contributed by atoms with Gasteiger partial charge in [0.1, 0.15) is 0 Å². The minimum atomic E-state index is 0.636. The van der Waals surface area contributed by atoms with Crippen LogP contribution in [-0.4, -0.2) is 17.0 Å². The average molecular weight is 225 g/mol. The molecule has 3 unspecified atom stereocenters. The maximum absolute atomic E-state index is 3.76. The fourth-order valence-corrected chi connectivity index (χ4v) is 3.80. The van der Waals surface area contributed by atoms with E-state index in [1.807, 2.05) is 12.3 Å². The topological polar surface area (TPSA) is 12.0 Å². The Morgan fingerprint density at radius 3 is 2.87 bits per heavy atom. The van der Waals surface area contributed by atoms with E-state index in [0.29, 0.717) is 6.04 Å². The molecule has 0 aromatic heterocycles. The Bertz CT molecular complexity index is 203. The average Bonchev–Trinajstić information content (AvgIpc) is 2.57. The van der Waals surface area contributed by atoms with E-state index in [4.69, 9.17) is 0 Å². The molecule has 1 nitrogen and oxygen atoms in total. The SMILES string of the molecule is C=CCCCCC1SCC(NC=C)C1C. The summed E-state index contributed by atoms with van der Waals surface area (Å²) in [6, 6.07) is 0.636. The fourth-order valence-electron chi connectivity index (χ4n) is 2.12. The van der Waals surface area contributed by atoms with E-state index < -0.39 is 0 Å². The van der Waals surface area contributed by atoms with Gasteiger partial charge in [0.2, 0.25) is 0 Å². The van der Waals surface area contributed by atoms with Crippen LogP contribution in [0.1, 0.15) is 32.6 Å². The molecule has 3 atom stereocenters. The van der Waals surface area contributed by atoms with Crippen molar-refractivity contribution in [1.29, 1.82) is 0 Å². The molecule has 0 aromatic rings. The molecule has 1 saturated heterocycles. The fraction of sp³-hybridized carbons (Fsp3) is 0.692. The number of hydrogen-bond acceptors (Lipinski definition) is 2. The maximum atomic E-state index is 3.76. The predicted molar refractivity (Wildman–Crippen MR) is 71.2 cm³/mol. The smallest absolute Gasteiger partial charge is 0.0382 e. The molecule has 1 heterocycles. The van der Waals surface area contributed by atoms with Crippen LogP contribution in [0.25, 0.3) is 0 Å². The van der Waals surface area contributed by atoms with Crippen molar-refractivity contribution in [2.45, 2.75) is 43.9 Å². The van der Waals surface area contributed by atoms with Crippen LogP contribution in [0.2, 0.25) is 0 Å². The summed E-state index contributed by atoms with van der Waals surface area (Å²) < 4.78 is 0. The molecular weight excluding hydrogens is 202 g/mol. The molecule has 2 heteroatoms. The van der Waals surface area contributed by atoms with Crippen molar-refractivity contribution in [3.8, 4) is 0 Å². The first-order chi connectivity index (χ1) is 7.29. The van der Waals surface area contributed by atoms with Crippen LogP contribution in [0.3, 0.4) is 0 Å². The lowest BCUT2D eigenvalue weighted by atomic mass is 9.96. The second kappa shape index (κ2) is 7.00. The Balaban J connectivity index is 2.20. The van der Waals surface area contributed by atoms with Gasteiger partial charge in [0, 0.05) is 17.0 Å². The lowest BCUT2D eigenvalue weighted by Crippen LogP contribution is -2.31. The summed E-state index contributed by atoms with van der Waals surface area (Å²) in [6.45, 7) is 9.85. The van der Waals surface area contributed by atoms with Gasteiger partial charge in [-0.25, -0.2) is 0 Å². The highest BCUT2D eigenvalue weighted by Crippen LogP contribution is 2.35. The van der Waals surface area contributed by atoms with Crippen LogP contribution in [0.4, 0.5) is 0 Å². The van der Waals surface area contributed by atoms with E-state index in [2.05, 4.69) is 37.2 Å². The number of allylic oxidation sites excluding steroid dienone is 1. The normalized spacial score (nSPS) is 30.1. The van der Waals surface area contributed by atoms with Gasteiger partial charge in [0.15, 0.2) is 0 Å². The standard InChI is InChI=1S/C13H23NS/c1-4-6-7-8-9-13-11(3)12(10-15-13)14-5-2/h4-5,11-14H,1-2,6-10H2,3H3. The number of nitrogens with one attached hydrogen (secondary N) is 1. The van der Waals surface area contributed by atoms with Crippen LogP contribution in [0.5, 0.6) is 0 Å². The zero-order valence-corrected chi connectivity index (χ0v) is 10.6. The Kier molecular flexibility index (Phi) is 5.92. The number of unbranched alkanes of at least 4 members (excludes halogenated alkanes) is 2. The van der Waals surface area contributed by atoms with E-state index in [1.54, 1.807) is 0 Å².